The Hall–Kier alpha value is -0.620. The van der Waals surface area contributed by atoms with Crippen LogP contribution in [0.2, 0.25) is 0 Å². The summed E-state index contributed by atoms with van der Waals surface area (Å²) < 4.78 is 37.4. The number of alkyl halides is 3. The van der Waals surface area contributed by atoms with Gasteiger partial charge in [0.2, 0.25) is 0 Å². The van der Waals surface area contributed by atoms with E-state index in [1.165, 1.54) is 0 Å². The van der Waals surface area contributed by atoms with Crippen LogP contribution in [0, 0.1) is 0 Å². The van der Waals surface area contributed by atoms with Gasteiger partial charge >= 0.3 is 6.18 Å². The van der Waals surface area contributed by atoms with E-state index in [1.807, 2.05) is 0 Å². The van der Waals surface area contributed by atoms with Crippen LogP contribution in [-0.4, -0.2) is 4.98 Å². The summed E-state index contributed by atoms with van der Waals surface area (Å²) in [4.78, 5) is 3.69. The summed E-state index contributed by atoms with van der Waals surface area (Å²) in [6.07, 6.45) is 1.26. The Morgan fingerprint density at radius 3 is 2.24 bits per heavy atom. The largest absolute Gasteiger partial charge is 0.434 e. The zero-order valence-electron chi connectivity index (χ0n) is 9.39. The van der Waals surface area contributed by atoms with Crippen LogP contribution < -0.4 is 5.73 Å². The molecule has 17 heavy (non-hydrogen) atoms. The highest BCUT2D eigenvalue weighted by Gasteiger charge is 2.37. The lowest BCUT2D eigenvalue weighted by atomic mass is 9.92. The van der Waals surface area contributed by atoms with Gasteiger partial charge in [-0.25, -0.2) is 4.98 Å². The van der Waals surface area contributed by atoms with Gasteiger partial charge in [-0.2, -0.15) is 13.2 Å². The van der Waals surface area contributed by atoms with Crippen LogP contribution in [0.1, 0.15) is 49.2 Å². The van der Waals surface area contributed by atoms with Crippen LogP contribution >= 0.6 is 11.3 Å². The average Bonchev–Trinajstić information content (AvgIpc) is 2.64. The molecule has 2 nitrogen and oxygen atoms in total. The molecule has 0 bridgehead atoms. The van der Waals surface area contributed by atoms with Gasteiger partial charge < -0.3 is 5.73 Å². The molecule has 0 aliphatic heterocycles. The van der Waals surface area contributed by atoms with E-state index in [0.29, 0.717) is 5.01 Å². The molecule has 1 heterocycles. The fourth-order valence-electron chi connectivity index (χ4n) is 2.21. The molecule has 0 radical (unpaired) electrons. The predicted molar refractivity (Wildman–Crippen MR) is 60.7 cm³/mol. The molecular formula is C11H15F3N2S. The zero-order valence-corrected chi connectivity index (χ0v) is 10.2. The first kappa shape index (κ1) is 12.8. The molecule has 2 N–H and O–H groups in total. The predicted octanol–water partition coefficient (Wildman–Crippen LogP) is 3.67. The van der Waals surface area contributed by atoms with E-state index < -0.39 is 17.4 Å². The van der Waals surface area contributed by atoms with E-state index in [4.69, 9.17) is 5.73 Å². The summed E-state index contributed by atoms with van der Waals surface area (Å²) in [6.45, 7) is 0. The molecule has 1 aliphatic rings. The number of thiazole rings is 1. The first-order chi connectivity index (χ1) is 7.92. The SMILES string of the molecule is NC1(c2nc(C(F)(F)F)cs2)CCCCCC1. The number of aromatic nitrogens is 1. The molecule has 0 unspecified atom stereocenters. The number of rotatable bonds is 1. The monoisotopic (exact) mass is 264 g/mol. The van der Waals surface area contributed by atoms with Crippen LogP contribution in [0.4, 0.5) is 13.2 Å². The van der Waals surface area contributed by atoms with Crippen molar-refractivity contribution in [1.82, 2.24) is 4.98 Å². The lowest BCUT2D eigenvalue weighted by Gasteiger charge is -2.25. The molecule has 0 amide bonds. The van der Waals surface area contributed by atoms with Crippen LogP contribution in [0.15, 0.2) is 5.38 Å². The lowest BCUT2D eigenvalue weighted by molar-refractivity contribution is -0.140. The van der Waals surface area contributed by atoms with Crippen LogP contribution in [0.3, 0.4) is 0 Å². The molecule has 6 heteroatoms. The number of hydrogen-bond acceptors (Lipinski definition) is 3. The standard InChI is InChI=1S/C11H15F3N2S/c12-11(13,14)8-7-17-9(16-8)10(15)5-3-1-2-4-6-10/h7H,1-6,15H2. The lowest BCUT2D eigenvalue weighted by Crippen LogP contribution is -2.36. The molecule has 1 saturated carbocycles. The molecule has 1 aliphatic carbocycles. The van der Waals surface area contributed by atoms with E-state index >= 15 is 0 Å². The summed E-state index contributed by atoms with van der Waals surface area (Å²) in [5, 5.41) is 1.50. The maximum atomic E-state index is 12.5. The molecule has 1 fully saturated rings. The minimum atomic E-state index is -4.37. The van der Waals surface area contributed by atoms with Gasteiger partial charge in [0.15, 0.2) is 5.69 Å². The summed E-state index contributed by atoms with van der Waals surface area (Å²) in [6, 6.07) is 0. The smallest absolute Gasteiger partial charge is 0.319 e. The fourth-order valence-corrected chi connectivity index (χ4v) is 3.21. The van der Waals surface area contributed by atoms with Crippen LogP contribution in [0.25, 0.3) is 0 Å². The molecule has 1 aromatic heterocycles. The van der Waals surface area contributed by atoms with E-state index in [1.54, 1.807) is 0 Å². The Morgan fingerprint density at radius 2 is 1.76 bits per heavy atom. The Labute approximate surface area is 102 Å². The summed E-state index contributed by atoms with van der Waals surface area (Å²) in [5.41, 5.74) is 4.76. The molecule has 0 atom stereocenters. The second kappa shape index (κ2) is 4.57. The van der Waals surface area contributed by atoms with Gasteiger partial charge in [-0.3, -0.25) is 0 Å². The molecule has 0 spiro atoms. The molecule has 2 rings (SSSR count). The Bertz CT molecular complexity index is 378. The van der Waals surface area contributed by atoms with Crippen molar-refractivity contribution in [2.24, 2.45) is 5.73 Å². The third-order valence-electron chi connectivity index (χ3n) is 3.22. The normalized spacial score (nSPS) is 21.2. The van der Waals surface area contributed by atoms with Crippen molar-refractivity contribution < 1.29 is 13.2 Å². The van der Waals surface area contributed by atoms with Gasteiger partial charge in [-0.15, -0.1) is 11.3 Å². The minimum absolute atomic E-state index is 0.437. The molecule has 96 valence electrons. The van der Waals surface area contributed by atoms with Crippen molar-refractivity contribution in [2.75, 3.05) is 0 Å². The van der Waals surface area contributed by atoms with Gasteiger partial charge in [0.05, 0.1) is 5.54 Å². The van der Waals surface area contributed by atoms with E-state index in [-0.39, 0.29) is 0 Å². The van der Waals surface area contributed by atoms with E-state index in [0.717, 1.165) is 55.2 Å². The quantitative estimate of drug-likeness (QED) is 0.786. The number of nitrogens with zero attached hydrogens (tertiary/aromatic N) is 1. The van der Waals surface area contributed by atoms with Crippen LogP contribution in [0.5, 0.6) is 0 Å². The molecule has 1 aromatic rings. The van der Waals surface area contributed by atoms with Gasteiger partial charge in [0.25, 0.3) is 0 Å². The van der Waals surface area contributed by atoms with Crippen molar-refractivity contribution in [3.05, 3.63) is 16.1 Å². The topological polar surface area (TPSA) is 38.9 Å². The minimum Gasteiger partial charge on any atom is -0.319 e. The molecule has 0 aromatic carbocycles. The third-order valence-corrected chi connectivity index (χ3v) is 4.28. The van der Waals surface area contributed by atoms with Gasteiger partial charge in [-0.05, 0) is 12.8 Å². The maximum absolute atomic E-state index is 12.5. The zero-order chi connectivity index (χ0) is 12.5. The van der Waals surface area contributed by atoms with Gasteiger partial charge in [0, 0.05) is 5.38 Å². The first-order valence-electron chi connectivity index (χ1n) is 5.74. The third kappa shape index (κ3) is 2.80. The van der Waals surface area contributed by atoms with Crippen molar-refractivity contribution >= 4 is 11.3 Å². The molecule has 0 saturated heterocycles. The summed E-state index contributed by atoms with van der Waals surface area (Å²) >= 11 is 1.03. The fraction of sp³-hybridized carbons (Fsp3) is 0.727. The summed E-state index contributed by atoms with van der Waals surface area (Å²) in [7, 11) is 0. The first-order valence-corrected chi connectivity index (χ1v) is 6.62. The highest BCUT2D eigenvalue weighted by atomic mass is 32.1. The van der Waals surface area contributed by atoms with E-state index in [9.17, 15) is 13.2 Å². The Kier molecular flexibility index (Phi) is 3.45. The highest BCUT2D eigenvalue weighted by Crippen LogP contribution is 2.38. The molecular weight excluding hydrogens is 249 g/mol. The van der Waals surface area contributed by atoms with Crippen molar-refractivity contribution in [3.63, 3.8) is 0 Å². The van der Waals surface area contributed by atoms with Crippen molar-refractivity contribution in [2.45, 2.75) is 50.2 Å². The van der Waals surface area contributed by atoms with Gasteiger partial charge in [0.1, 0.15) is 5.01 Å². The van der Waals surface area contributed by atoms with Crippen molar-refractivity contribution in [1.29, 1.82) is 0 Å². The number of hydrogen-bond donors (Lipinski definition) is 1. The Morgan fingerprint density at radius 1 is 1.18 bits per heavy atom. The maximum Gasteiger partial charge on any atom is 0.434 e. The second-order valence-corrected chi connectivity index (χ2v) is 5.46. The van der Waals surface area contributed by atoms with Gasteiger partial charge in [-0.1, -0.05) is 25.7 Å². The average molecular weight is 264 g/mol. The highest BCUT2D eigenvalue weighted by molar-refractivity contribution is 7.09. The Balaban J connectivity index is 2.23. The van der Waals surface area contributed by atoms with Crippen LogP contribution in [-0.2, 0) is 11.7 Å². The van der Waals surface area contributed by atoms with Crippen molar-refractivity contribution in [3.8, 4) is 0 Å². The van der Waals surface area contributed by atoms with E-state index in [2.05, 4.69) is 4.98 Å². The number of halogens is 3. The number of nitrogens with two attached hydrogens (primary N) is 1. The summed E-state index contributed by atoms with van der Waals surface area (Å²) in [5.74, 6) is 0. The second-order valence-electron chi connectivity index (χ2n) is 4.61.